The molecule has 27 heavy (non-hydrogen) atoms. The minimum atomic E-state index is -4.33. The first-order chi connectivity index (χ1) is 12.8. The zero-order valence-corrected chi connectivity index (χ0v) is 15.5. The van der Waals surface area contributed by atoms with Crippen molar-refractivity contribution in [2.24, 2.45) is 0 Å². The number of amides is 1. The molecule has 0 aliphatic carbocycles. The number of benzene rings is 2. The highest BCUT2D eigenvalue weighted by Crippen LogP contribution is 2.29. The first-order valence-electron chi connectivity index (χ1n) is 8.99. The number of rotatable bonds is 3. The lowest BCUT2D eigenvalue weighted by Crippen LogP contribution is -2.48. The number of halogens is 3. The Hall–Kier alpha value is -2.34. The predicted molar refractivity (Wildman–Crippen MR) is 98.5 cm³/mol. The lowest BCUT2D eigenvalue weighted by Gasteiger charge is -2.35. The van der Waals surface area contributed by atoms with Crippen molar-refractivity contribution in [1.29, 1.82) is 0 Å². The molecule has 1 heterocycles. The fourth-order valence-electron chi connectivity index (χ4n) is 3.37. The Labute approximate surface area is 157 Å². The van der Waals surface area contributed by atoms with Gasteiger partial charge >= 0.3 is 6.18 Å². The molecule has 0 bridgehead atoms. The minimum Gasteiger partial charge on any atom is -0.336 e. The van der Waals surface area contributed by atoms with Gasteiger partial charge in [-0.3, -0.25) is 9.69 Å². The first kappa shape index (κ1) is 19.4. The van der Waals surface area contributed by atoms with Gasteiger partial charge in [0.05, 0.1) is 5.56 Å². The summed E-state index contributed by atoms with van der Waals surface area (Å²) in [6, 6.07) is 11.2. The summed E-state index contributed by atoms with van der Waals surface area (Å²) in [6.07, 6.45) is -4.33. The molecule has 0 atom stereocenters. The van der Waals surface area contributed by atoms with Crippen LogP contribution in [-0.2, 0) is 12.7 Å². The lowest BCUT2D eigenvalue weighted by molar-refractivity contribution is -0.137. The third-order valence-electron chi connectivity index (χ3n) is 5.16. The summed E-state index contributed by atoms with van der Waals surface area (Å²) in [7, 11) is 0. The fraction of sp³-hybridized carbons (Fsp3) is 0.381. The summed E-state index contributed by atoms with van der Waals surface area (Å²) in [5, 5.41) is 0. The maximum Gasteiger partial charge on any atom is 0.416 e. The van der Waals surface area contributed by atoms with Crippen molar-refractivity contribution < 1.29 is 18.0 Å². The molecule has 0 spiro atoms. The molecule has 1 aliphatic rings. The van der Waals surface area contributed by atoms with Gasteiger partial charge in [-0.2, -0.15) is 13.2 Å². The second-order valence-electron chi connectivity index (χ2n) is 7.01. The van der Waals surface area contributed by atoms with E-state index in [2.05, 4.69) is 4.90 Å². The highest BCUT2D eigenvalue weighted by molar-refractivity contribution is 5.96. The van der Waals surface area contributed by atoms with Gasteiger partial charge < -0.3 is 4.90 Å². The number of alkyl halides is 3. The summed E-state index contributed by atoms with van der Waals surface area (Å²) >= 11 is 0. The maximum atomic E-state index is 12.9. The zero-order valence-electron chi connectivity index (χ0n) is 15.5. The van der Waals surface area contributed by atoms with E-state index in [9.17, 15) is 18.0 Å². The molecule has 1 aliphatic heterocycles. The van der Waals surface area contributed by atoms with Crippen molar-refractivity contribution in [2.75, 3.05) is 26.2 Å². The van der Waals surface area contributed by atoms with Gasteiger partial charge in [0.15, 0.2) is 0 Å². The van der Waals surface area contributed by atoms with Crippen LogP contribution in [0.3, 0.4) is 0 Å². The minimum absolute atomic E-state index is 0.0231. The molecule has 3 rings (SSSR count). The summed E-state index contributed by atoms with van der Waals surface area (Å²) < 4.78 is 38.6. The van der Waals surface area contributed by atoms with Crippen LogP contribution >= 0.6 is 0 Å². The topological polar surface area (TPSA) is 23.6 Å². The summed E-state index contributed by atoms with van der Waals surface area (Å²) in [6.45, 7) is 6.83. The number of carbonyl (C=O) groups is 1. The smallest absolute Gasteiger partial charge is 0.336 e. The van der Waals surface area contributed by atoms with Crippen LogP contribution < -0.4 is 0 Å². The quantitative estimate of drug-likeness (QED) is 0.798. The molecule has 6 heteroatoms. The Morgan fingerprint density at radius 3 is 2.33 bits per heavy atom. The zero-order chi connectivity index (χ0) is 19.6. The molecular weight excluding hydrogens is 353 g/mol. The van der Waals surface area contributed by atoms with E-state index in [4.69, 9.17) is 0 Å². The average molecular weight is 376 g/mol. The van der Waals surface area contributed by atoms with Crippen LogP contribution in [0, 0.1) is 13.8 Å². The van der Waals surface area contributed by atoms with Crippen LogP contribution in [-0.4, -0.2) is 41.9 Å². The monoisotopic (exact) mass is 376 g/mol. The molecule has 2 aromatic carbocycles. The molecule has 3 nitrogen and oxygen atoms in total. The van der Waals surface area contributed by atoms with E-state index in [1.54, 1.807) is 6.07 Å². The Morgan fingerprint density at radius 2 is 1.67 bits per heavy atom. The average Bonchev–Trinajstić information content (AvgIpc) is 2.64. The van der Waals surface area contributed by atoms with Crippen molar-refractivity contribution >= 4 is 5.91 Å². The van der Waals surface area contributed by atoms with E-state index in [0.29, 0.717) is 38.3 Å². The second-order valence-corrected chi connectivity index (χ2v) is 7.01. The van der Waals surface area contributed by atoms with Gasteiger partial charge in [0.2, 0.25) is 0 Å². The van der Waals surface area contributed by atoms with E-state index in [0.717, 1.165) is 22.8 Å². The van der Waals surface area contributed by atoms with Crippen LogP contribution in [0.5, 0.6) is 0 Å². The number of piperazine rings is 1. The van der Waals surface area contributed by atoms with Gasteiger partial charge in [-0.1, -0.05) is 30.3 Å². The molecule has 0 N–H and O–H groups in total. The van der Waals surface area contributed by atoms with Crippen molar-refractivity contribution in [2.45, 2.75) is 26.6 Å². The van der Waals surface area contributed by atoms with Crippen molar-refractivity contribution in [3.63, 3.8) is 0 Å². The summed E-state index contributed by atoms with van der Waals surface area (Å²) in [4.78, 5) is 16.7. The largest absolute Gasteiger partial charge is 0.416 e. The number of aryl methyl sites for hydroxylation is 1. The van der Waals surface area contributed by atoms with Crippen LogP contribution in [0.1, 0.15) is 32.6 Å². The van der Waals surface area contributed by atoms with Gasteiger partial charge in [-0.05, 0) is 42.7 Å². The van der Waals surface area contributed by atoms with Gasteiger partial charge in [0.25, 0.3) is 5.91 Å². The molecular formula is C21H23F3N2O. The third-order valence-corrected chi connectivity index (χ3v) is 5.16. The number of hydrogen-bond donors (Lipinski definition) is 0. The number of hydrogen-bond acceptors (Lipinski definition) is 2. The Bertz CT molecular complexity index is 824. The summed E-state index contributed by atoms with van der Waals surface area (Å²) in [5.41, 5.74) is 2.82. The van der Waals surface area contributed by atoms with E-state index in [1.165, 1.54) is 12.1 Å². The van der Waals surface area contributed by atoms with E-state index >= 15 is 0 Å². The van der Waals surface area contributed by atoms with Gasteiger partial charge in [-0.15, -0.1) is 0 Å². The Morgan fingerprint density at radius 1 is 1.00 bits per heavy atom. The van der Waals surface area contributed by atoms with Crippen molar-refractivity contribution in [3.05, 3.63) is 70.3 Å². The molecule has 0 radical (unpaired) electrons. The second kappa shape index (κ2) is 7.72. The van der Waals surface area contributed by atoms with Crippen molar-refractivity contribution in [1.82, 2.24) is 9.80 Å². The van der Waals surface area contributed by atoms with Crippen LogP contribution in [0.2, 0.25) is 0 Å². The third kappa shape index (κ3) is 4.50. The van der Waals surface area contributed by atoms with E-state index in [1.807, 2.05) is 36.9 Å². The molecule has 1 saturated heterocycles. The molecule has 144 valence electrons. The normalized spacial score (nSPS) is 15.8. The molecule has 1 amide bonds. The Kier molecular flexibility index (Phi) is 5.56. The lowest BCUT2D eigenvalue weighted by atomic mass is 10.0. The van der Waals surface area contributed by atoms with E-state index in [-0.39, 0.29) is 5.91 Å². The van der Waals surface area contributed by atoms with Crippen LogP contribution in [0.4, 0.5) is 13.2 Å². The van der Waals surface area contributed by atoms with Gasteiger partial charge in [0.1, 0.15) is 0 Å². The van der Waals surface area contributed by atoms with E-state index < -0.39 is 11.7 Å². The molecule has 0 saturated carbocycles. The van der Waals surface area contributed by atoms with Gasteiger partial charge in [-0.25, -0.2) is 0 Å². The number of nitrogens with zero attached hydrogens (tertiary/aromatic N) is 2. The molecule has 1 fully saturated rings. The highest BCUT2D eigenvalue weighted by Gasteiger charge is 2.30. The fourth-order valence-corrected chi connectivity index (χ4v) is 3.37. The molecule has 2 aromatic rings. The van der Waals surface area contributed by atoms with Crippen LogP contribution in [0.25, 0.3) is 0 Å². The first-order valence-corrected chi connectivity index (χ1v) is 8.99. The van der Waals surface area contributed by atoms with Gasteiger partial charge in [0, 0.05) is 38.3 Å². The Balaban J connectivity index is 1.61. The van der Waals surface area contributed by atoms with Crippen molar-refractivity contribution in [3.8, 4) is 0 Å². The van der Waals surface area contributed by atoms with Crippen LogP contribution in [0.15, 0.2) is 42.5 Å². The summed E-state index contributed by atoms with van der Waals surface area (Å²) in [5.74, 6) is 0.0231. The predicted octanol–water partition coefficient (Wildman–Crippen LogP) is 4.28. The molecule has 0 unspecified atom stereocenters. The standard InChI is InChI=1S/C21H23F3N2O/c1-15-5-3-8-19(16(15)2)20(27)26-11-9-25(10-12-26)14-17-6-4-7-18(13-17)21(22,23)24/h3-8,13H,9-12,14H2,1-2H3. The molecule has 0 aromatic heterocycles. The number of carbonyl (C=O) groups excluding carboxylic acids is 1. The maximum absolute atomic E-state index is 12.9. The SMILES string of the molecule is Cc1cccc(C(=O)N2CCN(Cc3cccc(C(F)(F)F)c3)CC2)c1C. The highest BCUT2D eigenvalue weighted by atomic mass is 19.4.